The van der Waals surface area contributed by atoms with Crippen molar-refractivity contribution in [2.45, 2.75) is 32.2 Å². The summed E-state index contributed by atoms with van der Waals surface area (Å²) in [5.41, 5.74) is 1.11. The fourth-order valence-corrected chi connectivity index (χ4v) is 3.32. The molecular weight excluding hydrogens is 274 g/mol. The van der Waals surface area contributed by atoms with Crippen LogP contribution in [0.1, 0.15) is 31.4 Å². The van der Waals surface area contributed by atoms with E-state index in [1.165, 1.54) is 0 Å². The minimum absolute atomic E-state index is 0.330. The maximum absolute atomic E-state index is 12.4. The monoisotopic (exact) mass is 299 g/mol. The van der Waals surface area contributed by atoms with Crippen molar-refractivity contribution in [1.82, 2.24) is 14.8 Å². The quantitative estimate of drug-likeness (QED) is 0.801. The summed E-state index contributed by atoms with van der Waals surface area (Å²) in [5.74, 6) is 0.802. The molecule has 1 aromatic rings. The van der Waals surface area contributed by atoms with Crippen molar-refractivity contribution in [1.29, 1.82) is 0 Å². The Labute approximate surface area is 132 Å². The van der Waals surface area contributed by atoms with Gasteiger partial charge in [0.05, 0.1) is 5.69 Å². The molecule has 1 unspecified atom stereocenters. The molecule has 3 rings (SSSR count). The topological polar surface area (TPSA) is 36.4 Å². The third kappa shape index (κ3) is 4.17. The van der Waals surface area contributed by atoms with E-state index in [2.05, 4.69) is 33.0 Å². The molecule has 0 bridgehead atoms. The first kappa shape index (κ1) is 15.2. The van der Waals surface area contributed by atoms with Crippen molar-refractivity contribution in [2.75, 3.05) is 26.2 Å². The van der Waals surface area contributed by atoms with Gasteiger partial charge in [-0.15, -0.1) is 0 Å². The number of carbonyl (C=O) groups is 1. The summed E-state index contributed by atoms with van der Waals surface area (Å²) in [7, 11) is 0. The van der Waals surface area contributed by atoms with Crippen LogP contribution in [0.25, 0.3) is 0 Å². The zero-order valence-corrected chi connectivity index (χ0v) is 13.2. The molecule has 0 N–H and O–H groups in total. The van der Waals surface area contributed by atoms with Gasteiger partial charge in [-0.2, -0.15) is 0 Å². The molecule has 1 atom stereocenters. The van der Waals surface area contributed by atoms with E-state index in [1.807, 2.05) is 18.3 Å². The molecule has 0 radical (unpaired) electrons. The van der Waals surface area contributed by atoms with Gasteiger partial charge in [0.1, 0.15) is 0 Å². The second kappa shape index (κ2) is 7.54. The molecular formula is C18H25N3O. The SMILES string of the molecule is O=C(CC1C=CCC1)N1CCCN(Cc2ccccn2)CC1. The van der Waals surface area contributed by atoms with E-state index in [0.29, 0.717) is 18.2 Å². The maximum atomic E-state index is 12.4. The minimum atomic E-state index is 0.330. The number of rotatable bonds is 4. The largest absolute Gasteiger partial charge is 0.341 e. The average molecular weight is 299 g/mol. The van der Waals surface area contributed by atoms with E-state index >= 15 is 0 Å². The molecule has 4 nitrogen and oxygen atoms in total. The predicted molar refractivity (Wildman–Crippen MR) is 87.2 cm³/mol. The number of hydrogen-bond acceptors (Lipinski definition) is 3. The van der Waals surface area contributed by atoms with Crippen LogP contribution in [-0.4, -0.2) is 46.9 Å². The van der Waals surface area contributed by atoms with E-state index in [4.69, 9.17) is 0 Å². The Morgan fingerprint density at radius 1 is 1.23 bits per heavy atom. The second-order valence-electron chi connectivity index (χ2n) is 6.30. The molecule has 2 heterocycles. The molecule has 1 amide bonds. The Morgan fingerprint density at radius 2 is 2.18 bits per heavy atom. The lowest BCUT2D eigenvalue weighted by atomic mass is 10.0. The summed E-state index contributed by atoms with van der Waals surface area (Å²) < 4.78 is 0. The summed E-state index contributed by atoms with van der Waals surface area (Å²) in [4.78, 5) is 21.3. The number of hydrogen-bond donors (Lipinski definition) is 0. The molecule has 1 aliphatic carbocycles. The summed E-state index contributed by atoms with van der Waals surface area (Å²) in [6.45, 7) is 4.62. The van der Waals surface area contributed by atoms with Crippen LogP contribution in [0.4, 0.5) is 0 Å². The summed E-state index contributed by atoms with van der Waals surface area (Å²) >= 11 is 0. The molecule has 4 heteroatoms. The zero-order valence-electron chi connectivity index (χ0n) is 13.2. The van der Waals surface area contributed by atoms with Crippen LogP contribution in [0.3, 0.4) is 0 Å². The normalized spacial score (nSPS) is 22.7. The number of nitrogens with zero attached hydrogens (tertiary/aromatic N) is 3. The number of aromatic nitrogens is 1. The first-order valence-corrected chi connectivity index (χ1v) is 8.38. The second-order valence-corrected chi connectivity index (χ2v) is 6.30. The fraction of sp³-hybridized carbons (Fsp3) is 0.556. The first-order valence-electron chi connectivity index (χ1n) is 8.38. The van der Waals surface area contributed by atoms with Crippen LogP contribution in [0, 0.1) is 5.92 Å². The van der Waals surface area contributed by atoms with Crippen molar-refractivity contribution in [3.8, 4) is 0 Å². The highest BCUT2D eigenvalue weighted by Crippen LogP contribution is 2.21. The van der Waals surface area contributed by atoms with E-state index in [1.54, 1.807) is 0 Å². The van der Waals surface area contributed by atoms with Gasteiger partial charge < -0.3 is 4.90 Å². The van der Waals surface area contributed by atoms with Crippen LogP contribution in [0.2, 0.25) is 0 Å². The van der Waals surface area contributed by atoms with Crippen LogP contribution in [-0.2, 0) is 11.3 Å². The summed E-state index contributed by atoms with van der Waals surface area (Å²) in [6.07, 6.45) is 10.3. The highest BCUT2D eigenvalue weighted by molar-refractivity contribution is 5.76. The molecule has 22 heavy (non-hydrogen) atoms. The maximum Gasteiger partial charge on any atom is 0.223 e. The van der Waals surface area contributed by atoms with Gasteiger partial charge in [-0.25, -0.2) is 0 Å². The number of amides is 1. The average Bonchev–Trinajstić information content (AvgIpc) is 2.93. The standard InChI is InChI=1S/C18H25N3O/c22-18(14-16-6-1-2-7-16)21-11-5-10-20(12-13-21)15-17-8-3-4-9-19-17/h1,3-4,6,8-9,16H,2,5,7,10-15H2. The van der Waals surface area contributed by atoms with Crippen molar-refractivity contribution < 1.29 is 4.79 Å². The Bertz CT molecular complexity index is 514. The van der Waals surface area contributed by atoms with Gasteiger partial charge >= 0.3 is 0 Å². The third-order valence-electron chi connectivity index (χ3n) is 4.60. The number of allylic oxidation sites excluding steroid dienone is 2. The van der Waals surface area contributed by atoms with E-state index in [9.17, 15) is 4.79 Å². The molecule has 0 aromatic carbocycles. The predicted octanol–water partition coefficient (Wildman–Crippen LogP) is 2.47. The molecule has 0 saturated carbocycles. The third-order valence-corrected chi connectivity index (χ3v) is 4.60. The summed E-state index contributed by atoms with van der Waals surface area (Å²) in [6, 6.07) is 6.05. The fourth-order valence-electron chi connectivity index (χ4n) is 3.32. The van der Waals surface area contributed by atoms with Gasteiger partial charge in [-0.1, -0.05) is 18.2 Å². The van der Waals surface area contributed by atoms with Crippen LogP contribution in [0.15, 0.2) is 36.5 Å². The van der Waals surface area contributed by atoms with Crippen molar-refractivity contribution >= 4 is 5.91 Å². The van der Waals surface area contributed by atoms with E-state index < -0.39 is 0 Å². The van der Waals surface area contributed by atoms with E-state index in [0.717, 1.165) is 57.7 Å². The van der Waals surface area contributed by atoms with Crippen LogP contribution >= 0.6 is 0 Å². The van der Waals surface area contributed by atoms with Crippen molar-refractivity contribution in [2.24, 2.45) is 5.92 Å². The van der Waals surface area contributed by atoms with Gasteiger partial charge in [0.15, 0.2) is 0 Å². The van der Waals surface area contributed by atoms with Crippen molar-refractivity contribution in [3.63, 3.8) is 0 Å². The molecule has 1 fully saturated rings. The summed E-state index contributed by atoms with van der Waals surface area (Å²) in [5, 5.41) is 0. The highest BCUT2D eigenvalue weighted by atomic mass is 16.2. The van der Waals surface area contributed by atoms with Gasteiger partial charge in [-0.05, 0) is 37.3 Å². The van der Waals surface area contributed by atoms with Crippen LogP contribution < -0.4 is 0 Å². The Hall–Kier alpha value is -1.68. The highest BCUT2D eigenvalue weighted by Gasteiger charge is 2.22. The van der Waals surface area contributed by atoms with Crippen LogP contribution in [0.5, 0.6) is 0 Å². The molecule has 1 aromatic heterocycles. The van der Waals surface area contributed by atoms with Crippen molar-refractivity contribution in [3.05, 3.63) is 42.2 Å². The number of carbonyl (C=O) groups excluding carboxylic acids is 1. The van der Waals surface area contributed by atoms with E-state index in [-0.39, 0.29) is 0 Å². The molecule has 118 valence electrons. The lowest BCUT2D eigenvalue weighted by Crippen LogP contribution is -2.35. The Balaban J connectivity index is 1.49. The van der Waals surface area contributed by atoms with Gasteiger partial charge in [0.2, 0.25) is 5.91 Å². The van der Waals surface area contributed by atoms with Gasteiger partial charge in [-0.3, -0.25) is 14.7 Å². The minimum Gasteiger partial charge on any atom is -0.341 e. The Morgan fingerprint density at radius 3 is 2.95 bits per heavy atom. The first-order chi connectivity index (χ1) is 10.8. The molecule has 1 saturated heterocycles. The lowest BCUT2D eigenvalue weighted by Gasteiger charge is -2.23. The Kier molecular flexibility index (Phi) is 5.22. The lowest BCUT2D eigenvalue weighted by molar-refractivity contribution is -0.131. The zero-order chi connectivity index (χ0) is 15.2. The van der Waals surface area contributed by atoms with Gasteiger partial charge in [0.25, 0.3) is 0 Å². The molecule has 1 aliphatic heterocycles. The molecule has 2 aliphatic rings. The van der Waals surface area contributed by atoms with Gasteiger partial charge in [0, 0.05) is 45.3 Å². The number of pyridine rings is 1. The smallest absolute Gasteiger partial charge is 0.223 e. The molecule has 0 spiro atoms.